The number of benzene rings is 4. The van der Waals surface area contributed by atoms with Crippen molar-refractivity contribution in [3.05, 3.63) is 108 Å². The van der Waals surface area contributed by atoms with Gasteiger partial charge in [-0.05, 0) is 58.3 Å². The maximum absolute atomic E-state index is 14.0. The van der Waals surface area contributed by atoms with Gasteiger partial charge >= 0.3 is 6.09 Å². The lowest BCUT2D eigenvalue weighted by Crippen LogP contribution is -2.65. The molecule has 44 heavy (non-hydrogen) atoms. The minimum Gasteiger partial charge on any atom is -0.465 e. The van der Waals surface area contributed by atoms with Crippen LogP contribution >= 0.6 is 0 Å². The molecule has 2 aliphatic heterocycles. The topological polar surface area (TPSA) is 102 Å². The van der Waals surface area contributed by atoms with Gasteiger partial charge in [0.15, 0.2) is 0 Å². The summed E-state index contributed by atoms with van der Waals surface area (Å²) in [6, 6.07) is 31.3. The molecule has 0 unspecified atom stereocenters. The summed E-state index contributed by atoms with van der Waals surface area (Å²) in [4.78, 5) is 42.0. The lowest BCUT2D eigenvalue weighted by molar-refractivity contribution is -0.149. The van der Waals surface area contributed by atoms with E-state index in [1.54, 1.807) is 4.90 Å². The Morgan fingerprint density at radius 2 is 1.45 bits per heavy atom. The van der Waals surface area contributed by atoms with Crippen LogP contribution in [0.1, 0.15) is 24.0 Å². The van der Waals surface area contributed by atoms with Crippen molar-refractivity contribution in [1.82, 2.24) is 20.4 Å². The summed E-state index contributed by atoms with van der Waals surface area (Å²) in [6.07, 6.45) is 1.10. The summed E-state index contributed by atoms with van der Waals surface area (Å²) in [5.74, 6) is 0.0727. The van der Waals surface area contributed by atoms with Gasteiger partial charge in [0.25, 0.3) is 0 Å². The van der Waals surface area contributed by atoms with Crippen LogP contribution in [0.15, 0.2) is 97.1 Å². The van der Waals surface area contributed by atoms with Crippen LogP contribution in [0.5, 0.6) is 0 Å². The highest BCUT2D eigenvalue weighted by molar-refractivity contribution is 5.97. The molecule has 8 heteroatoms. The second kappa shape index (κ2) is 13.3. The number of nitrogens with zero attached hydrogens (tertiary/aromatic N) is 2. The third-order valence-electron chi connectivity index (χ3n) is 8.90. The Morgan fingerprint density at radius 3 is 2.18 bits per heavy atom. The molecule has 3 amide bonds. The van der Waals surface area contributed by atoms with Gasteiger partial charge in [-0.1, -0.05) is 97.1 Å². The third kappa shape index (κ3) is 6.76. The number of carbonyl (C=O) groups is 3. The number of nitrogens with one attached hydrogen (secondary N) is 2. The molecule has 8 nitrogen and oxygen atoms in total. The van der Waals surface area contributed by atoms with Crippen LogP contribution in [-0.2, 0) is 22.6 Å². The highest BCUT2D eigenvalue weighted by Gasteiger charge is 2.40. The highest BCUT2D eigenvalue weighted by atomic mass is 16.4. The van der Waals surface area contributed by atoms with E-state index in [0.29, 0.717) is 45.1 Å². The zero-order chi connectivity index (χ0) is 30.5. The summed E-state index contributed by atoms with van der Waals surface area (Å²) in [6.45, 7) is 2.38. The highest BCUT2D eigenvalue weighted by Crippen LogP contribution is 2.23. The first-order valence-corrected chi connectivity index (χ1v) is 15.4. The maximum atomic E-state index is 14.0. The fourth-order valence-corrected chi connectivity index (χ4v) is 6.34. The molecule has 0 aromatic heterocycles. The Labute approximate surface area is 257 Å². The van der Waals surface area contributed by atoms with E-state index in [1.165, 1.54) is 4.90 Å². The number of amides is 3. The summed E-state index contributed by atoms with van der Waals surface area (Å²) >= 11 is 0. The van der Waals surface area contributed by atoms with Gasteiger partial charge in [-0.2, -0.15) is 0 Å². The summed E-state index contributed by atoms with van der Waals surface area (Å²) in [5.41, 5.74) is 4.18. The molecule has 4 aromatic carbocycles. The van der Waals surface area contributed by atoms with E-state index in [2.05, 4.69) is 59.2 Å². The smallest absolute Gasteiger partial charge is 0.407 e. The zero-order valence-corrected chi connectivity index (χ0v) is 24.7. The van der Waals surface area contributed by atoms with Gasteiger partial charge in [-0.3, -0.25) is 9.59 Å². The molecule has 2 saturated heterocycles. The van der Waals surface area contributed by atoms with Crippen molar-refractivity contribution in [3.8, 4) is 11.1 Å². The van der Waals surface area contributed by atoms with Crippen molar-refractivity contribution in [1.29, 1.82) is 0 Å². The summed E-state index contributed by atoms with van der Waals surface area (Å²) in [5, 5.41) is 17.9. The van der Waals surface area contributed by atoms with Crippen LogP contribution < -0.4 is 10.6 Å². The number of rotatable bonds is 9. The number of carbonyl (C=O) groups excluding carboxylic acids is 2. The second-order valence-electron chi connectivity index (χ2n) is 11.9. The van der Waals surface area contributed by atoms with Crippen LogP contribution in [0.2, 0.25) is 0 Å². The molecule has 0 saturated carbocycles. The first-order valence-electron chi connectivity index (χ1n) is 15.4. The van der Waals surface area contributed by atoms with Crippen LogP contribution in [0.4, 0.5) is 4.79 Å². The Morgan fingerprint density at radius 1 is 0.795 bits per heavy atom. The third-order valence-corrected chi connectivity index (χ3v) is 8.90. The van der Waals surface area contributed by atoms with Crippen molar-refractivity contribution in [2.45, 2.75) is 37.9 Å². The molecule has 0 radical (unpaired) electrons. The molecule has 226 valence electrons. The van der Waals surface area contributed by atoms with E-state index in [-0.39, 0.29) is 11.8 Å². The van der Waals surface area contributed by atoms with Crippen molar-refractivity contribution >= 4 is 28.7 Å². The van der Waals surface area contributed by atoms with Crippen LogP contribution in [-0.4, -0.2) is 71.1 Å². The van der Waals surface area contributed by atoms with Crippen molar-refractivity contribution in [3.63, 3.8) is 0 Å². The summed E-state index contributed by atoms with van der Waals surface area (Å²) in [7, 11) is 0. The fourth-order valence-electron chi connectivity index (χ4n) is 6.34. The van der Waals surface area contributed by atoms with Gasteiger partial charge in [0.05, 0.1) is 0 Å². The summed E-state index contributed by atoms with van der Waals surface area (Å²) < 4.78 is 0. The molecule has 0 spiro atoms. The van der Waals surface area contributed by atoms with E-state index in [1.807, 2.05) is 48.5 Å². The SMILES string of the molecule is O=C1N[C@@H](Cc2ccc3ccccc3c2)C(=O)N(Cc2ccc(-c3ccccc3)cc2)[C@H]1CNCC1CCN(C(=O)O)CC1. The quantitative estimate of drug-likeness (QED) is 0.257. The number of likely N-dealkylation sites (tertiary alicyclic amines) is 1. The molecule has 0 aliphatic carbocycles. The first-order chi connectivity index (χ1) is 21.4. The number of hydrogen-bond acceptors (Lipinski definition) is 4. The fraction of sp³-hybridized carbons (Fsp3) is 0.306. The lowest BCUT2D eigenvalue weighted by Gasteiger charge is -2.39. The predicted molar refractivity (Wildman–Crippen MR) is 171 cm³/mol. The van der Waals surface area contributed by atoms with Crippen molar-refractivity contribution < 1.29 is 19.5 Å². The first kappa shape index (κ1) is 29.4. The monoisotopic (exact) mass is 590 g/mol. The molecule has 2 atom stereocenters. The Kier molecular flexibility index (Phi) is 8.89. The van der Waals surface area contributed by atoms with Crippen LogP contribution in [0.3, 0.4) is 0 Å². The van der Waals surface area contributed by atoms with E-state index in [4.69, 9.17) is 0 Å². The molecule has 2 aliphatic rings. The number of piperidine rings is 1. The van der Waals surface area contributed by atoms with E-state index in [0.717, 1.165) is 45.9 Å². The van der Waals surface area contributed by atoms with Gasteiger partial charge in [-0.25, -0.2) is 4.79 Å². The molecule has 4 aromatic rings. The molecular formula is C36H38N4O4. The van der Waals surface area contributed by atoms with Crippen LogP contribution in [0, 0.1) is 5.92 Å². The van der Waals surface area contributed by atoms with Gasteiger partial charge in [-0.15, -0.1) is 0 Å². The molecule has 2 fully saturated rings. The Hall–Kier alpha value is -4.69. The molecule has 0 bridgehead atoms. The molecule has 3 N–H and O–H groups in total. The lowest BCUT2D eigenvalue weighted by atomic mass is 9.96. The second-order valence-corrected chi connectivity index (χ2v) is 11.9. The standard InChI is InChI=1S/C36H38N4O4/c41-34-33(23-37-22-25-16-18-39(19-17-25)36(43)44)40(24-26-10-13-30(14-11-26)28-6-2-1-3-7-28)35(42)32(38-34)21-27-12-15-29-8-4-5-9-31(29)20-27/h1-15,20,25,32-33,37H,16-19,21-24H2,(H,38,41)(H,43,44)/t32-,33-/m0/s1. The minimum absolute atomic E-state index is 0.0912. The predicted octanol–water partition coefficient (Wildman–Crippen LogP) is 4.92. The molecular weight excluding hydrogens is 552 g/mol. The average Bonchev–Trinajstić information content (AvgIpc) is 3.05. The maximum Gasteiger partial charge on any atom is 0.407 e. The van der Waals surface area contributed by atoms with E-state index in [9.17, 15) is 19.5 Å². The normalized spacial score (nSPS) is 19.3. The zero-order valence-electron chi connectivity index (χ0n) is 24.7. The minimum atomic E-state index is -0.875. The molecule has 6 rings (SSSR count). The Balaban J connectivity index is 1.17. The number of fused-ring (bicyclic) bond motifs is 1. The average molecular weight is 591 g/mol. The van der Waals surface area contributed by atoms with Gasteiger partial charge in [0.1, 0.15) is 12.1 Å². The largest absolute Gasteiger partial charge is 0.465 e. The van der Waals surface area contributed by atoms with Crippen LogP contribution in [0.25, 0.3) is 21.9 Å². The number of carboxylic acid groups (broad SMARTS) is 1. The van der Waals surface area contributed by atoms with Crippen molar-refractivity contribution in [2.24, 2.45) is 5.92 Å². The van der Waals surface area contributed by atoms with E-state index >= 15 is 0 Å². The van der Waals surface area contributed by atoms with Gasteiger partial charge < -0.3 is 25.5 Å². The Bertz CT molecular complexity index is 1620. The number of piperazine rings is 1. The molecule has 2 heterocycles. The van der Waals surface area contributed by atoms with Gasteiger partial charge in [0, 0.05) is 32.6 Å². The number of hydrogen-bond donors (Lipinski definition) is 3. The van der Waals surface area contributed by atoms with Gasteiger partial charge in [0.2, 0.25) is 11.8 Å². The van der Waals surface area contributed by atoms with E-state index < -0.39 is 18.2 Å². The van der Waals surface area contributed by atoms with Crippen molar-refractivity contribution in [2.75, 3.05) is 26.2 Å².